The number of hydrogen-bond acceptors (Lipinski definition) is 4. The molecule has 1 heterocycles. The van der Waals surface area contributed by atoms with E-state index in [0.29, 0.717) is 5.92 Å². The van der Waals surface area contributed by atoms with Crippen molar-refractivity contribution >= 4 is 5.97 Å². The average molecular weight is 216 g/mol. The van der Waals surface area contributed by atoms with Crippen LogP contribution in [0.5, 0.6) is 0 Å². The van der Waals surface area contributed by atoms with Crippen molar-refractivity contribution in [2.24, 2.45) is 11.8 Å². The van der Waals surface area contributed by atoms with E-state index in [9.17, 15) is 4.79 Å². The Morgan fingerprint density at radius 2 is 2.27 bits per heavy atom. The van der Waals surface area contributed by atoms with E-state index in [0.717, 1.165) is 12.8 Å². The normalized spacial score (nSPS) is 33.5. The Kier molecular flexibility index (Phi) is 4.54. The number of aliphatic hydroxyl groups excluding tert-OH is 1. The average Bonchev–Trinajstić information content (AvgIpc) is 2.27. The number of carbonyl (C=O) groups excluding carboxylic acids is 1. The van der Waals surface area contributed by atoms with Gasteiger partial charge >= 0.3 is 5.97 Å². The second kappa shape index (κ2) is 5.47. The molecule has 0 aromatic heterocycles. The van der Waals surface area contributed by atoms with Gasteiger partial charge in [-0.1, -0.05) is 6.92 Å². The maximum atomic E-state index is 11.3. The highest BCUT2D eigenvalue weighted by Gasteiger charge is 2.34. The van der Waals surface area contributed by atoms with Crippen LogP contribution >= 0.6 is 0 Å². The fourth-order valence-corrected chi connectivity index (χ4v) is 1.97. The molecule has 0 amide bonds. The Hall–Kier alpha value is -0.610. The Labute approximate surface area is 90.6 Å². The zero-order chi connectivity index (χ0) is 11.4. The van der Waals surface area contributed by atoms with E-state index in [4.69, 9.17) is 9.84 Å². The lowest BCUT2D eigenvalue weighted by molar-refractivity contribution is -0.161. The summed E-state index contributed by atoms with van der Waals surface area (Å²) in [5, 5.41) is 9.12. The first-order chi connectivity index (χ1) is 7.10. The molecule has 1 N–H and O–H groups in total. The molecule has 4 nitrogen and oxygen atoms in total. The van der Waals surface area contributed by atoms with Gasteiger partial charge in [0, 0.05) is 0 Å². The molecule has 1 saturated heterocycles. The molecule has 0 aromatic rings. The molecule has 15 heavy (non-hydrogen) atoms. The van der Waals surface area contributed by atoms with E-state index in [1.54, 1.807) is 6.92 Å². The maximum Gasteiger partial charge on any atom is 0.311 e. The van der Waals surface area contributed by atoms with Crippen LogP contribution in [0.2, 0.25) is 0 Å². The van der Waals surface area contributed by atoms with Gasteiger partial charge in [-0.15, -0.1) is 0 Å². The van der Waals surface area contributed by atoms with Crippen LogP contribution in [-0.4, -0.2) is 37.0 Å². The fraction of sp³-hybridized carbons (Fsp3) is 0.909. The Morgan fingerprint density at radius 3 is 2.80 bits per heavy atom. The summed E-state index contributed by atoms with van der Waals surface area (Å²) in [7, 11) is 1.38. The molecule has 4 atom stereocenters. The lowest BCUT2D eigenvalue weighted by Gasteiger charge is -2.35. The van der Waals surface area contributed by atoms with Crippen LogP contribution in [0, 0.1) is 11.8 Å². The van der Waals surface area contributed by atoms with Crippen molar-refractivity contribution in [3.8, 4) is 0 Å². The topological polar surface area (TPSA) is 55.8 Å². The van der Waals surface area contributed by atoms with Crippen molar-refractivity contribution in [3.63, 3.8) is 0 Å². The van der Waals surface area contributed by atoms with E-state index in [1.807, 2.05) is 0 Å². The minimum Gasteiger partial charge on any atom is -0.469 e. The molecule has 88 valence electrons. The first kappa shape index (κ1) is 12.5. The molecule has 1 fully saturated rings. The molecule has 0 radical (unpaired) electrons. The van der Waals surface area contributed by atoms with E-state index >= 15 is 0 Å². The van der Waals surface area contributed by atoms with E-state index in [2.05, 4.69) is 11.7 Å². The van der Waals surface area contributed by atoms with Crippen LogP contribution in [0.25, 0.3) is 0 Å². The summed E-state index contributed by atoms with van der Waals surface area (Å²) < 4.78 is 10.4. The lowest BCUT2D eigenvalue weighted by atomic mass is 9.89. The zero-order valence-electron chi connectivity index (χ0n) is 9.60. The molecule has 0 unspecified atom stereocenters. The third kappa shape index (κ3) is 2.92. The number of methoxy groups -OCH3 is 1. The smallest absolute Gasteiger partial charge is 0.311 e. The molecule has 0 bridgehead atoms. The van der Waals surface area contributed by atoms with Crippen LogP contribution in [0.4, 0.5) is 0 Å². The van der Waals surface area contributed by atoms with Crippen LogP contribution < -0.4 is 0 Å². The second-order valence-electron chi connectivity index (χ2n) is 4.26. The van der Waals surface area contributed by atoms with Gasteiger partial charge in [-0.25, -0.2) is 0 Å². The molecular weight excluding hydrogens is 196 g/mol. The zero-order valence-corrected chi connectivity index (χ0v) is 9.60. The fourth-order valence-electron chi connectivity index (χ4n) is 1.97. The van der Waals surface area contributed by atoms with Crippen LogP contribution in [0.3, 0.4) is 0 Å². The quantitative estimate of drug-likeness (QED) is 0.714. The summed E-state index contributed by atoms with van der Waals surface area (Å²) in [5.41, 5.74) is 0. The number of esters is 1. The van der Waals surface area contributed by atoms with E-state index < -0.39 is 0 Å². The van der Waals surface area contributed by atoms with Gasteiger partial charge in [0.05, 0.1) is 31.8 Å². The Balaban J connectivity index is 2.54. The van der Waals surface area contributed by atoms with Crippen LogP contribution in [0.1, 0.15) is 26.7 Å². The molecule has 4 heteroatoms. The number of hydrogen-bond donors (Lipinski definition) is 1. The van der Waals surface area contributed by atoms with Crippen LogP contribution in [0.15, 0.2) is 0 Å². The largest absolute Gasteiger partial charge is 0.469 e. The maximum absolute atomic E-state index is 11.3. The van der Waals surface area contributed by atoms with E-state index in [1.165, 1.54) is 7.11 Å². The minimum atomic E-state index is -0.253. The van der Waals surface area contributed by atoms with Gasteiger partial charge in [0.25, 0.3) is 0 Å². The Morgan fingerprint density at radius 1 is 1.60 bits per heavy atom. The molecule has 1 aliphatic rings. The first-order valence-corrected chi connectivity index (χ1v) is 5.44. The summed E-state index contributed by atoms with van der Waals surface area (Å²) in [6.45, 7) is 3.88. The summed E-state index contributed by atoms with van der Waals surface area (Å²) in [6.07, 6.45) is 1.58. The van der Waals surface area contributed by atoms with Crippen molar-refractivity contribution in [1.82, 2.24) is 0 Å². The third-order valence-electron chi connectivity index (χ3n) is 3.20. The molecular formula is C11H20O4. The summed E-state index contributed by atoms with van der Waals surface area (Å²) >= 11 is 0. The SMILES string of the molecule is COC(=O)[C@H](C)[C@H]1CC[C@H](C)[C@@H](CO)O1. The standard InChI is InChI=1S/C11H20O4/c1-7-4-5-9(15-10(7)6-12)8(2)11(13)14-3/h7-10,12H,4-6H2,1-3H3/t7-,8+,9+,10+/m0/s1. The lowest BCUT2D eigenvalue weighted by Crippen LogP contribution is -2.41. The number of aliphatic hydroxyl groups is 1. The van der Waals surface area contributed by atoms with Gasteiger partial charge in [0.2, 0.25) is 0 Å². The van der Waals surface area contributed by atoms with E-state index in [-0.39, 0.29) is 30.7 Å². The summed E-state index contributed by atoms with van der Waals surface area (Å²) in [4.78, 5) is 11.3. The van der Waals surface area contributed by atoms with Gasteiger partial charge in [-0.2, -0.15) is 0 Å². The van der Waals surface area contributed by atoms with Crippen molar-refractivity contribution in [1.29, 1.82) is 0 Å². The predicted octanol–water partition coefficient (Wildman–Crippen LogP) is 0.972. The van der Waals surface area contributed by atoms with Crippen molar-refractivity contribution in [3.05, 3.63) is 0 Å². The van der Waals surface area contributed by atoms with Crippen molar-refractivity contribution in [2.45, 2.75) is 38.9 Å². The van der Waals surface area contributed by atoms with Gasteiger partial charge in [-0.05, 0) is 25.7 Å². The highest BCUT2D eigenvalue weighted by molar-refractivity contribution is 5.72. The molecule has 1 rings (SSSR count). The molecule has 0 saturated carbocycles. The minimum absolute atomic E-state index is 0.0194. The van der Waals surface area contributed by atoms with Crippen molar-refractivity contribution < 1.29 is 19.4 Å². The van der Waals surface area contributed by atoms with Gasteiger partial charge < -0.3 is 14.6 Å². The van der Waals surface area contributed by atoms with Gasteiger partial charge in [0.1, 0.15) is 0 Å². The summed E-state index contributed by atoms with van der Waals surface area (Å²) in [6, 6.07) is 0. The summed E-state index contributed by atoms with van der Waals surface area (Å²) in [5.74, 6) is -0.140. The number of ether oxygens (including phenoxy) is 2. The monoisotopic (exact) mass is 216 g/mol. The van der Waals surface area contributed by atoms with Gasteiger partial charge in [0.15, 0.2) is 0 Å². The highest BCUT2D eigenvalue weighted by atomic mass is 16.5. The third-order valence-corrected chi connectivity index (χ3v) is 3.20. The molecule has 1 aliphatic heterocycles. The molecule has 0 spiro atoms. The molecule has 0 aromatic carbocycles. The van der Waals surface area contributed by atoms with Crippen LogP contribution in [-0.2, 0) is 14.3 Å². The predicted molar refractivity (Wildman–Crippen MR) is 55.3 cm³/mol. The first-order valence-electron chi connectivity index (χ1n) is 5.44. The Bertz CT molecular complexity index is 217. The number of carbonyl (C=O) groups is 1. The number of rotatable bonds is 3. The second-order valence-corrected chi connectivity index (χ2v) is 4.26. The highest BCUT2D eigenvalue weighted by Crippen LogP contribution is 2.28. The van der Waals surface area contributed by atoms with Gasteiger partial charge in [-0.3, -0.25) is 4.79 Å². The molecule has 0 aliphatic carbocycles. The van der Waals surface area contributed by atoms with Crippen molar-refractivity contribution in [2.75, 3.05) is 13.7 Å².